The lowest BCUT2D eigenvalue weighted by molar-refractivity contribution is -0.150. The van der Waals surface area contributed by atoms with E-state index in [-0.39, 0.29) is 0 Å². The highest BCUT2D eigenvalue weighted by Gasteiger charge is 2.21. The average molecular weight is 401 g/mol. The van der Waals surface area contributed by atoms with E-state index >= 15 is 0 Å². The molecular weight excluding hydrogens is 380 g/mol. The molecule has 2 aromatic heterocycles. The van der Waals surface area contributed by atoms with Crippen LogP contribution in [0.25, 0.3) is 0 Å². The standard InChI is InChI=1S/C20H20N2O3S2/c1-15(16-7-3-2-4-8-16)19(23)25-21-20(24)22(13-17-9-5-11-26-17)14-18-10-6-12-27-18/h2-12,15H,13-14H2,1H3,(H,21,24)/t15-/m1/s1. The van der Waals surface area contributed by atoms with Crippen LogP contribution in [0.1, 0.15) is 28.2 Å². The van der Waals surface area contributed by atoms with E-state index in [9.17, 15) is 9.59 Å². The van der Waals surface area contributed by atoms with Crippen molar-refractivity contribution in [2.45, 2.75) is 25.9 Å². The molecule has 1 N–H and O–H groups in total. The smallest absolute Gasteiger partial charge is 0.339 e. The van der Waals surface area contributed by atoms with Gasteiger partial charge in [0.25, 0.3) is 0 Å². The van der Waals surface area contributed by atoms with Crippen molar-refractivity contribution >= 4 is 34.7 Å². The molecule has 0 saturated carbocycles. The Labute approximate surface area is 166 Å². The van der Waals surface area contributed by atoms with Gasteiger partial charge in [-0.05, 0) is 35.4 Å². The maximum atomic E-state index is 12.6. The number of hydrogen-bond acceptors (Lipinski definition) is 5. The number of urea groups is 1. The second-order valence-electron chi connectivity index (χ2n) is 5.98. The summed E-state index contributed by atoms with van der Waals surface area (Å²) < 4.78 is 0. The highest BCUT2D eigenvalue weighted by Crippen LogP contribution is 2.18. The molecule has 0 spiro atoms. The molecule has 0 aliphatic heterocycles. The summed E-state index contributed by atoms with van der Waals surface area (Å²) in [4.78, 5) is 33.7. The number of benzene rings is 1. The van der Waals surface area contributed by atoms with Crippen molar-refractivity contribution in [3.8, 4) is 0 Å². The van der Waals surface area contributed by atoms with Gasteiger partial charge in [-0.3, -0.25) is 0 Å². The molecule has 3 rings (SSSR count). The summed E-state index contributed by atoms with van der Waals surface area (Å²) in [5.74, 6) is -0.962. The third-order valence-corrected chi connectivity index (χ3v) is 5.76. The number of carbonyl (C=O) groups is 2. The molecule has 0 aliphatic rings. The van der Waals surface area contributed by atoms with E-state index in [4.69, 9.17) is 4.84 Å². The Kier molecular flexibility index (Phi) is 6.62. The van der Waals surface area contributed by atoms with E-state index in [2.05, 4.69) is 5.48 Å². The normalized spacial score (nSPS) is 11.6. The van der Waals surface area contributed by atoms with Gasteiger partial charge in [0.2, 0.25) is 0 Å². The predicted octanol–water partition coefficient (Wildman–Crippen LogP) is 4.78. The number of carbonyl (C=O) groups excluding carboxylic acids is 2. The first-order chi connectivity index (χ1) is 13.1. The third-order valence-electron chi connectivity index (χ3n) is 4.03. The van der Waals surface area contributed by atoms with Crippen LogP contribution >= 0.6 is 22.7 Å². The number of rotatable bonds is 6. The zero-order chi connectivity index (χ0) is 19.1. The second kappa shape index (κ2) is 9.34. The van der Waals surface area contributed by atoms with E-state index in [1.807, 2.05) is 65.4 Å². The topological polar surface area (TPSA) is 58.6 Å². The van der Waals surface area contributed by atoms with Gasteiger partial charge >= 0.3 is 12.0 Å². The summed E-state index contributed by atoms with van der Waals surface area (Å²) in [6.45, 7) is 2.65. The van der Waals surface area contributed by atoms with Gasteiger partial charge < -0.3 is 9.74 Å². The molecule has 0 fully saturated rings. The molecule has 0 aliphatic carbocycles. The van der Waals surface area contributed by atoms with Gasteiger partial charge in [0.05, 0.1) is 19.0 Å². The lowest BCUT2D eigenvalue weighted by Crippen LogP contribution is -2.40. The van der Waals surface area contributed by atoms with E-state index in [0.29, 0.717) is 13.1 Å². The molecule has 0 bridgehead atoms. The quantitative estimate of drug-likeness (QED) is 0.606. The van der Waals surface area contributed by atoms with E-state index in [0.717, 1.165) is 15.3 Å². The first-order valence-electron chi connectivity index (χ1n) is 8.49. The Morgan fingerprint density at radius 2 is 1.56 bits per heavy atom. The Balaban J connectivity index is 1.60. The number of amides is 2. The second-order valence-corrected chi connectivity index (χ2v) is 8.04. The summed E-state index contributed by atoms with van der Waals surface area (Å²) in [6, 6.07) is 16.7. The van der Waals surface area contributed by atoms with Gasteiger partial charge in [-0.2, -0.15) is 5.48 Å². The first kappa shape index (κ1) is 19.1. The lowest BCUT2D eigenvalue weighted by atomic mass is 10.0. The number of nitrogens with zero attached hydrogens (tertiary/aromatic N) is 1. The molecule has 140 valence electrons. The fraction of sp³-hybridized carbons (Fsp3) is 0.200. The molecular formula is C20H20N2O3S2. The highest BCUT2D eigenvalue weighted by atomic mass is 32.1. The van der Waals surface area contributed by atoms with Crippen LogP contribution in [0.5, 0.6) is 0 Å². The van der Waals surface area contributed by atoms with Crippen molar-refractivity contribution in [3.63, 3.8) is 0 Å². The van der Waals surface area contributed by atoms with Crippen molar-refractivity contribution < 1.29 is 14.4 Å². The van der Waals surface area contributed by atoms with Crippen LogP contribution in [0.3, 0.4) is 0 Å². The fourth-order valence-corrected chi connectivity index (χ4v) is 3.94. The van der Waals surface area contributed by atoms with Gasteiger partial charge in [-0.1, -0.05) is 42.5 Å². The molecule has 3 aromatic rings. The average Bonchev–Trinajstić information content (AvgIpc) is 3.39. The molecule has 27 heavy (non-hydrogen) atoms. The molecule has 5 nitrogen and oxygen atoms in total. The molecule has 0 unspecified atom stereocenters. The van der Waals surface area contributed by atoms with Gasteiger partial charge in [-0.15, -0.1) is 22.7 Å². The van der Waals surface area contributed by atoms with E-state index in [1.54, 1.807) is 34.5 Å². The van der Waals surface area contributed by atoms with Crippen LogP contribution in [-0.4, -0.2) is 16.9 Å². The van der Waals surface area contributed by atoms with Crippen LogP contribution < -0.4 is 5.48 Å². The molecule has 0 radical (unpaired) electrons. The van der Waals surface area contributed by atoms with Crippen molar-refractivity contribution in [1.82, 2.24) is 10.4 Å². The van der Waals surface area contributed by atoms with Crippen LogP contribution in [0.15, 0.2) is 65.4 Å². The highest BCUT2D eigenvalue weighted by molar-refractivity contribution is 7.10. The molecule has 2 amide bonds. The fourth-order valence-electron chi connectivity index (χ4n) is 2.51. The molecule has 2 heterocycles. The molecule has 1 aromatic carbocycles. The minimum atomic E-state index is -0.498. The van der Waals surface area contributed by atoms with Gasteiger partial charge in [0, 0.05) is 9.75 Å². The monoisotopic (exact) mass is 400 g/mol. The molecule has 7 heteroatoms. The summed E-state index contributed by atoms with van der Waals surface area (Å²) in [5.41, 5.74) is 3.14. The van der Waals surface area contributed by atoms with Crippen LogP contribution in [-0.2, 0) is 22.7 Å². The summed E-state index contributed by atoms with van der Waals surface area (Å²) in [7, 11) is 0. The van der Waals surface area contributed by atoms with Crippen LogP contribution in [0.4, 0.5) is 4.79 Å². The van der Waals surface area contributed by atoms with E-state index < -0.39 is 17.9 Å². The predicted molar refractivity (Wildman–Crippen MR) is 107 cm³/mol. The maximum absolute atomic E-state index is 12.6. The number of hydrogen-bond donors (Lipinski definition) is 1. The van der Waals surface area contributed by atoms with Gasteiger partial charge in [-0.25, -0.2) is 9.59 Å². The zero-order valence-corrected chi connectivity index (χ0v) is 16.5. The third kappa shape index (κ3) is 5.42. The lowest BCUT2D eigenvalue weighted by Gasteiger charge is -2.22. The Hall–Kier alpha value is -2.64. The van der Waals surface area contributed by atoms with Crippen molar-refractivity contribution in [3.05, 3.63) is 80.7 Å². The Morgan fingerprint density at radius 3 is 2.07 bits per heavy atom. The minimum absolute atomic E-state index is 0.439. The van der Waals surface area contributed by atoms with Crippen LogP contribution in [0.2, 0.25) is 0 Å². The largest absolute Gasteiger partial charge is 0.351 e. The summed E-state index contributed by atoms with van der Waals surface area (Å²) >= 11 is 3.16. The van der Waals surface area contributed by atoms with Crippen molar-refractivity contribution in [2.75, 3.05) is 0 Å². The Bertz CT molecular complexity index is 813. The first-order valence-corrected chi connectivity index (χ1v) is 10.2. The van der Waals surface area contributed by atoms with Crippen molar-refractivity contribution in [1.29, 1.82) is 0 Å². The van der Waals surface area contributed by atoms with Gasteiger partial charge in [0.1, 0.15) is 0 Å². The molecule has 1 atom stereocenters. The Morgan fingerprint density at radius 1 is 0.963 bits per heavy atom. The summed E-state index contributed by atoms with van der Waals surface area (Å²) in [5, 5.41) is 3.94. The van der Waals surface area contributed by atoms with Crippen molar-refractivity contribution in [2.24, 2.45) is 0 Å². The zero-order valence-electron chi connectivity index (χ0n) is 14.8. The SMILES string of the molecule is C[C@@H](C(=O)ONC(=O)N(Cc1cccs1)Cc1cccs1)c1ccccc1. The molecule has 0 saturated heterocycles. The maximum Gasteiger partial charge on any atom is 0.351 e. The van der Waals surface area contributed by atoms with E-state index in [1.165, 1.54) is 0 Å². The number of nitrogens with one attached hydrogen (secondary N) is 1. The number of hydroxylamine groups is 1. The minimum Gasteiger partial charge on any atom is -0.339 e. The van der Waals surface area contributed by atoms with Gasteiger partial charge in [0.15, 0.2) is 0 Å². The van der Waals surface area contributed by atoms with Crippen LogP contribution in [0, 0.1) is 0 Å². The summed E-state index contributed by atoms with van der Waals surface area (Å²) in [6.07, 6.45) is 0. The number of thiophene rings is 2.